The molecule has 4 heteroatoms. The number of anilines is 1. The predicted octanol–water partition coefficient (Wildman–Crippen LogP) is 2.31. The Labute approximate surface area is 102 Å². The van der Waals surface area contributed by atoms with Gasteiger partial charge in [-0.25, -0.2) is 9.78 Å². The maximum Gasteiger partial charge on any atom is 0.321 e. The second-order valence-corrected chi connectivity index (χ2v) is 4.07. The van der Waals surface area contributed by atoms with Gasteiger partial charge in [0, 0.05) is 5.69 Å². The monoisotopic (exact) mass is 231 g/mol. The van der Waals surface area contributed by atoms with Crippen LogP contribution in [0.1, 0.15) is 26.0 Å². The molecule has 2 amide bonds. The maximum absolute atomic E-state index is 11.7. The average molecular weight is 231 g/mol. The highest BCUT2D eigenvalue weighted by Gasteiger charge is 2.21. The van der Waals surface area contributed by atoms with E-state index in [9.17, 15) is 4.79 Å². The Hall–Kier alpha value is -2.02. The number of nitrogens with one attached hydrogen (secondary N) is 2. The van der Waals surface area contributed by atoms with Crippen molar-refractivity contribution in [1.29, 1.82) is 0 Å². The molecule has 4 nitrogen and oxygen atoms in total. The summed E-state index contributed by atoms with van der Waals surface area (Å²) in [5, 5.41) is 5.38. The van der Waals surface area contributed by atoms with Crippen LogP contribution in [0.3, 0.4) is 0 Å². The number of aryl methyl sites for hydroxylation is 1. The first kappa shape index (κ1) is 13.0. The van der Waals surface area contributed by atoms with Crippen molar-refractivity contribution in [3.8, 4) is 12.3 Å². The van der Waals surface area contributed by atoms with E-state index < -0.39 is 5.54 Å². The van der Waals surface area contributed by atoms with Gasteiger partial charge in [-0.2, -0.15) is 0 Å². The van der Waals surface area contributed by atoms with Gasteiger partial charge in [-0.1, -0.05) is 18.9 Å². The lowest BCUT2D eigenvalue weighted by Crippen LogP contribution is -2.46. The van der Waals surface area contributed by atoms with Crippen molar-refractivity contribution in [1.82, 2.24) is 10.3 Å². The minimum absolute atomic E-state index is 0.342. The fourth-order valence-electron chi connectivity index (χ4n) is 1.24. The largest absolute Gasteiger partial charge is 0.322 e. The Morgan fingerprint density at radius 1 is 1.59 bits per heavy atom. The predicted molar refractivity (Wildman–Crippen MR) is 68.7 cm³/mol. The fraction of sp³-hybridized carbons (Fsp3) is 0.385. The third-order valence-corrected chi connectivity index (χ3v) is 2.55. The van der Waals surface area contributed by atoms with Crippen LogP contribution in [0.15, 0.2) is 18.2 Å². The number of carbonyl (C=O) groups is 1. The average Bonchev–Trinajstić information content (AvgIpc) is 2.28. The lowest BCUT2D eigenvalue weighted by Gasteiger charge is -2.23. The van der Waals surface area contributed by atoms with E-state index in [4.69, 9.17) is 6.42 Å². The molecule has 0 aliphatic carbocycles. The first-order chi connectivity index (χ1) is 7.99. The van der Waals surface area contributed by atoms with Crippen LogP contribution in [0.5, 0.6) is 0 Å². The van der Waals surface area contributed by atoms with E-state index in [0.29, 0.717) is 12.2 Å². The topological polar surface area (TPSA) is 54.0 Å². The molecular formula is C13H17N3O. The molecule has 0 saturated carbocycles. The fourth-order valence-corrected chi connectivity index (χ4v) is 1.24. The standard InChI is InChI=1S/C13H17N3O/c1-5-13(4,6-2)16-12(17)15-11-9-7-8-10(3)14-11/h1,7-9H,6H2,2-4H3,(H2,14,15,16,17). The van der Waals surface area contributed by atoms with Gasteiger partial charge in [0.25, 0.3) is 0 Å². The Morgan fingerprint density at radius 2 is 2.29 bits per heavy atom. The zero-order valence-electron chi connectivity index (χ0n) is 10.4. The van der Waals surface area contributed by atoms with Crippen molar-refractivity contribution in [3.63, 3.8) is 0 Å². The smallest absolute Gasteiger partial charge is 0.321 e. The molecule has 0 fully saturated rings. The molecule has 0 radical (unpaired) electrons. The molecular weight excluding hydrogens is 214 g/mol. The zero-order chi connectivity index (χ0) is 12.9. The molecule has 0 aliphatic heterocycles. The van der Waals surface area contributed by atoms with E-state index >= 15 is 0 Å². The van der Waals surface area contributed by atoms with Gasteiger partial charge in [-0.3, -0.25) is 5.32 Å². The molecule has 1 heterocycles. The first-order valence-corrected chi connectivity index (χ1v) is 5.49. The van der Waals surface area contributed by atoms with Gasteiger partial charge >= 0.3 is 6.03 Å². The van der Waals surface area contributed by atoms with Gasteiger partial charge in [0.05, 0.1) is 5.54 Å². The van der Waals surface area contributed by atoms with Crippen molar-refractivity contribution in [2.75, 3.05) is 5.32 Å². The zero-order valence-corrected chi connectivity index (χ0v) is 10.4. The third-order valence-electron chi connectivity index (χ3n) is 2.55. The molecule has 90 valence electrons. The lowest BCUT2D eigenvalue weighted by molar-refractivity contribution is 0.245. The minimum Gasteiger partial charge on any atom is -0.322 e. The third kappa shape index (κ3) is 3.80. The van der Waals surface area contributed by atoms with E-state index in [1.807, 2.05) is 26.0 Å². The molecule has 0 aliphatic rings. The van der Waals surface area contributed by atoms with E-state index in [0.717, 1.165) is 5.69 Å². The number of nitrogens with zero attached hydrogens (tertiary/aromatic N) is 1. The number of hydrogen-bond donors (Lipinski definition) is 2. The highest BCUT2D eigenvalue weighted by molar-refractivity contribution is 5.89. The van der Waals surface area contributed by atoms with Gasteiger partial charge < -0.3 is 5.32 Å². The van der Waals surface area contributed by atoms with Gasteiger partial charge in [0.15, 0.2) is 0 Å². The molecule has 0 saturated heterocycles. The number of terminal acetylenes is 1. The van der Waals surface area contributed by atoms with Gasteiger partial charge in [-0.15, -0.1) is 6.42 Å². The van der Waals surface area contributed by atoms with Crippen LogP contribution in [0.25, 0.3) is 0 Å². The van der Waals surface area contributed by atoms with Crippen LogP contribution < -0.4 is 10.6 Å². The van der Waals surface area contributed by atoms with Crippen molar-refractivity contribution in [3.05, 3.63) is 23.9 Å². The second kappa shape index (κ2) is 5.35. The van der Waals surface area contributed by atoms with E-state index in [1.165, 1.54) is 0 Å². The molecule has 0 aromatic carbocycles. The second-order valence-electron chi connectivity index (χ2n) is 4.07. The van der Waals surface area contributed by atoms with Crippen LogP contribution in [0.4, 0.5) is 10.6 Å². The highest BCUT2D eigenvalue weighted by atomic mass is 16.2. The summed E-state index contributed by atoms with van der Waals surface area (Å²) in [4.78, 5) is 15.9. The van der Waals surface area contributed by atoms with Gasteiger partial charge in [-0.05, 0) is 32.4 Å². The summed E-state index contributed by atoms with van der Waals surface area (Å²) in [6, 6.07) is 5.08. The number of carbonyl (C=O) groups excluding carboxylic acids is 1. The molecule has 2 N–H and O–H groups in total. The molecule has 1 rings (SSSR count). The molecule has 1 aromatic heterocycles. The Balaban J connectivity index is 2.65. The summed E-state index contributed by atoms with van der Waals surface area (Å²) in [5.41, 5.74) is 0.214. The van der Waals surface area contributed by atoms with E-state index in [-0.39, 0.29) is 6.03 Å². The normalized spacial score (nSPS) is 13.3. The van der Waals surface area contributed by atoms with Crippen molar-refractivity contribution < 1.29 is 4.79 Å². The van der Waals surface area contributed by atoms with Crippen LogP contribution >= 0.6 is 0 Å². The summed E-state index contributed by atoms with van der Waals surface area (Å²) in [6.45, 7) is 5.59. The van der Waals surface area contributed by atoms with Crippen LogP contribution in [0, 0.1) is 19.3 Å². The number of amides is 2. The summed E-state index contributed by atoms with van der Waals surface area (Å²) in [6.07, 6.45) is 6.04. The summed E-state index contributed by atoms with van der Waals surface area (Å²) in [5.74, 6) is 3.08. The number of hydrogen-bond acceptors (Lipinski definition) is 2. The SMILES string of the molecule is C#CC(C)(CC)NC(=O)Nc1cccc(C)n1. The van der Waals surface area contributed by atoms with Gasteiger partial charge in [0.2, 0.25) is 0 Å². The van der Waals surface area contributed by atoms with Crippen molar-refractivity contribution >= 4 is 11.8 Å². The number of urea groups is 1. The first-order valence-electron chi connectivity index (χ1n) is 5.49. The molecule has 0 spiro atoms. The Morgan fingerprint density at radius 3 is 2.82 bits per heavy atom. The lowest BCUT2D eigenvalue weighted by atomic mass is 10.0. The minimum atomic E-state index is -0.631. The van der Waals surface area contributed by atoms with Gasteiger partial charge in [0.1, 0.15) is 5.82 Å². The number of aromatic nitrogens is 1. The summed E-state index contributed by atoms with van der Waals surface area (Å²) < 4.78 is 0. The summed E-state index contributed by atoms with van der Waals surface area (Å²) in [7, 11) is 0. The molecule has 1 aromatic rings. The maximum atomic E-state index is 11.7. The summed E-state index contributed by atoms with van der Waals surface area (Å²) >= 11 is 0. The highest BCUT2D eigenvalue weighted by Crippen LogP contribution is 2.08. The molecule has 1 unspecified atom stereocenters. The quantitative estimate of drug-likeness (QED) is 0.784. The molecule has 17 heavy (non-hydrogen) atoms. The Kier molecular flexibility index (Phi) is 4.11. The number of pyridine rings is 1. The molecule has 1 atom stereocenters. The van der Waals surface area contributed by atoms with Crippen LogP contribution in [-0.4, -0.2) is 16.6 Å². The molecule has 0 bridgehead atoms. The van der Waals surface area contributed by atoms with Crippen LogP contribution in [0.2, 0.25) is 0 Å². The van der Waals surface area contributed by atoms with E-state index in [1.54, 1.807) is 13.0 Å². The Bertz CT molecular complexity index is 450. The number of rotatable bonds is 3. The van der Waals surface area contributed by atoms with Crippen molar-refractivity contribution in [2.24, 2.45) is 0 Å². The van der Waals surface area contributed by atoms with Crippen LogP contribution in [-0.2, 0) is 0 Å². The van der Waals surface area contributed by atoms with Crippen molar-refractivity contribution in [2.45, 2.75) is 32.7 Å². The van der Waals surface area contributed by atoms with E-state index in [2.05, 4.69) is 21.5 Å².